The van der Waals surface area contributed by atoms with Gasteiger partial charge in [-0.05, 0) is 42.3 Å². The molecule has 0 saturated heterocycles. The molecular formula is C15H24F3N3. The van der Waals surface area contributed by atoms with E-state index in [-0.39, 0.29) is 36.3 Å². The van der Waals surface area contributed by atoms with Crippen LogP contribution in [-0.4, -0.2) is 57.0 Å². The second kappa shape index (κ2) is 7.24. The fourth-order valence-corrected chi connectivity index (χ4v) is 2.20. The van der Waals surface area contributed by atoms with Crippen LogP contribution < -0.4 is 0 Å². The molecule has 1 aromatic carbocycles. The molecule has 0 atom stereocenters. The monoisotopic (exact) mass is 303 g/mol. The van der Waals surface area contributed by atoms with E-state index in [0.717, 1.165) is 0 Å². The van der Waals surface area contributed by atoms with E-state index in [1.165, 1.54) is 0 Å². The highest BCUT2D eigenvalue weighted by atomic mass is 19.1. The Kier molecular flexibility index (Phi) is 6.19. The number of hydrogen-bond acceptors (Lipinski definition) is 3. The third kappa shape index (κ3) is 4.43. The first-order valence-electron chi connectivity index (χ1n) is 6.76. The van der Waals surface area contributed by atoms with Gasteiger partial charge in [-0.15, -0.1) is 0 Å². The molecule has 3 nitrogen and oxygen atoms in total. The maximum atomic E-state index is 14.5. The number of benzene rings is 1. The molecule has 0 bridgehead atoms. The van der Waals surface area contributed by atoms with Gasteiger partial charge in [-0.2, -0.15) is 0 Å². The highest BCUT2D eigenvalue weighted by Crippen LogP contribution is 2.27. The van der Waals surface area contributed by atoms with Gasteiger partial charge >= 0.3 is 0 Å². The van der Waals surface area contributed by atoms with E-state index in [1.54, 1.807) is 57.0 Å². The first-order valence-corrected chi connectivity index (χ1v) is 6.76. The van der Waals surface area contributed by atoms with Gasteiger partial charge in [0.25, 0.3) is 0 Å². The predicted octanol–water partition coefficient (Wildman–Crippen LogP) is 2.29. The normalized spacial score (nSPS) is 12.0. The molecule has 0 unspecified atom stereocenters. The lowest BCUT2D eigenvalue weighted by molar-refractivity contribution is 0.340. The van der Waals surface area contributed by atoms with Gasteiger partial charge in [-0.1, -0.05) is 0 Å². The van der Waals surface area contributed by atoms with E-state index >= 15 is 0 Å². The average molecular weight is 303 g/mol. The van der Waals surface area contributed by atoms with Gasteiger partial charge in [-0.3, -0.25) is 0 Å². The summed E-state index contributed by atoms with van der Waals surface area (Å²) in [4.78, 5) is 4.99. The van der Waals surface area contributed by atoms with Gasteiger partial charge in [0.1, 0.15) is 17.5 Å². The third-order valence-corrected chi connectivity index (χ3v) is 3.01. The van der Waals surface area contributed by atoms with Crippen molar-refractivity contribution in [2.75, 3.05) is 42.3 Å². The summed E-state index contributed by atoms with van der Waals surface area (Å²) >= 11 is 0. The lowest BCUT2D eigenvalue weighted by atomic mass is 10.0. The van der Waals surface area contributed by atoms with E-state index in [4.69, 9.17) is 0 Å². The topological polar surface area (TPSA) is 9.72 Å². The van der Waals surface area contributed by atoms with Crippen LogP contribution in [0.1, 0.15) is 16.7 Å². The van der Waals surface area contributed by atoms with Gasteiger partial charge in [0, 0.05) is 36.3 Å². The zero-order valence-electron chi connectivity index (χ0n) is 13.6. The van der Waals surface area contributed by atoms with Crippen LogP contribution >= 0.6 is 0 Å². The smallest absolute Gasteiger partial charge is 0.138 e. The van der Waals surface area contributed by atoms with Crippen molar-refractivity contribution >= 4 is 0 Å². The summed E-state index contributed by atoms with van der Waals surface area (Å²) in [5, 5.41) is 0. The van der Waals surface area contributed by atoms with E-state index < -0.39 is 17.5 Å². The molecule has 0 aliphatic rings. The molecule has 0 saturated carbocycles. The molecule has 1 rings (SSSR count). The lowest BCUT2D eigenvalue weighted by Gasteiger charge is -2.21. The van der Waals surface area contributed by atoms with Crippen LogP contribution in [0, 0.1) is 17.5 Å². The van der Waals surface area contributed by atoms with Crippen molar-refractivity contribution < 1.29 is 13.2 Å². The first-order chi connectivity index (χ1) is 9.65. The number of rotatable bonds is 6. The van der Waals surface area contributed by atoms with Crippen LogP contribution in [0.4, 0.5) is 13.2 Å². The van der Waals surface area contributed by atoms with Crippen molar-refractivity contribution in [2.24, 2.45) is 0 Å². The average Bonchev–Trinajstić information content (AvgIpc) is 2.35. The van der Waals surface area contributed by atoms with Crippen LogP contribution in [0.3, 0.4) is 0 Å². The second-order valence-corrected chi connectivity index (χ2v) is 6.09. The Bertz CT molecular complexity index is 407. The molecule has 0 aromatic heterocycles. The summed E-state index contributed by atoms with van der Waals surface area (Å²) < 4.78 is 43.5. The summed E-state index contributed by atoms with van der Waals surface area (Å²) in [6.07, 6.45) is 0. The zero-order valence-corrected chi connectivity index (χ0v) is 13.6. The summed E-state index contributed by atoms with van der Waals surface area (Å²) in [5.41, 5.74) is -0.222. The van der Waals surface area contributed by atoms with Crippen molar-refractivity contribution in [2.45, 2.75) is 19.6 Å². The molecule has 21 heavy (non-hydrogen) atoms. The van der Waals surface area contributed by atoms with E-state index in [0.29, 0.717) is 0 Å². The van der Waals surface area contributed by atoms with Gasteiger partial charge in [0.15, 0.2) is 0 Å². The van der Waals surface area contributed by atoms with Crippen molar-refractivity contribution in [1.29, 1.82) is 0 Å². The Balaban J connectivity index is 3.49. The van der Waals surface area contributed by atoms with Crippen LogP contribution in [-0.2, 0) is 19.6 Å². The Labute approximate surface area is 124 Å². The predicted molar refractivity (Wildman–Crippen MR) is 78.5 cm³/mol. The number of halogens is 3. The van der Waals surface area contributed by atoms with Crippen molar-refractivity contribution in [3.05, 3.63) is 34.1 Å². The Hall–Kier alpha value is -1.11. The fraction of sp³-hybridized carbons (Fsp3) is 0.600. The minimum Gasteiger partial charge on any atom is -0.305 e. The van der Waals surface area contributed by atoms with Crippen molar-refractivity contribution in [3.63, 3.8) is 0 Å². The Morgan fingerprint density at radius 1 is 0.524 bits per heavy atom. The van der Waals surface area contributed by atoms with Crippen LogP contribution in [0.15, 0.2) is 0 Å². The van der Waals surface area contributed by atoms with Crippen LogP contribution in [0.5, 0.6) is 0 Å². The SMILES string of the molecule is CN(C)Cc1c(F)c(CN(C)C)c(F)c(CN(C)C)c1F. The molecule has 120 valence electrons. The molecular weight excluding hydrogens is 279 g/mol. The third-order valence-electron chi connectivity index (χ3n) is 3.01. The molecule has 0 aliphatic carbocycles. The molecule has 0 aliphatic heterocycles. The standard InChI is InChI=1S/C15H24F3N3/c1-19(2)7-10-13(16)11(8-20(3)4)15(18)12(14(10)17)9-21(5)6/h7-9H2,1-6H3. The minimum absolute atomic E-state index is 0.0740. The summed E-state index contributed by atoms with van der Waals surface area (Å²) in [6, 6.07) is 0. The van der Waals surface area contributed by atoms with Gasteiger partial charge in [0.05, 0.1) is 0 Å². The largest absolute Gasteiger partial charge is 0.305 e. The first kappa shape index (κ1) is 17.9. The molecule has 0 heterocycles. The Morgan fingerprint density at radius 3 is 0.857 bits per heavy atom. The summed E-state index contributed by atoms with van der Waals surface area (Å²) in [7, 11) is 10.3. The van der Waals surface area contributed by atoms with Gasteiger partial charge in [-0.25, -0.2) is 13.2 Å². The molecule has 0 spiro atoms. The minimum atomic E-state index is -0.782. The van der Waals surface area contributed by atoms with Crippen LogP contribution in [0.2, 0.25) is 0 Å². The maximum absolute atomic E-state index is 14.5. The van der Waals surface area contributed by atoms with E-state index in [1.807, 2.05) is 0 Å². The quantitative estimate of drug-likeness (QED) is 0.798. The summed E-state index contributed by atoms with van der Waals surface area (Å²) in [6.45, 7) is 0.288. The maximum Gasteiger partial charge on any atom is 0.138 e. The molecule has 0 fully saturated rings. The Morgan fingerprint density at radius 2 is 0.714 bits per heavy atom. The zero-order chi connectivity index (χ0) is 16.3. The molecule has 0 N–H and O–H groups in total. The fourth-order valence-electron chi connectivity index (χ4n) is 2.20. The van der Waals surface area contributed by atoms with Gasteiger partial charge < -0.3 is 14.7 Å². The van der Waals surface area contributed by atoms with Gasteiger partial charge in [0.2, 0.25) is 0 Å². The highest BCUT2D eigenvalue weighted by molar-refractivity contribution is 5.36. The van der Waals surface area contributed by atoms with E-state index in [9.17, 15) is 13.2 Å². The van der Waals surface area contributed by atoms with E-state index in [2.05, 4.69) is 0 Å². The molecule has 1 aromatic rings. The number of nitrogens with zero attached hydrogens (tertiary/aromatic N) is 3. The van der Waals surface area contributed by atoms with Crippen molar-refractivity contribution in [1.82, 2.24) is 14.7 Å². The summed E-state index contributed by atoms with van der Waals surface area (Å²) in [5.74, 6) is -2.35. The molecule has 0 amide bonds. The number of hydrogen-bond donors (Lipinski definition) is 0. The van der Waals surface area contributed by atoms with Crippen molar-refractivity contribution in [3.8, 4) is 0 Å². The second-order valence-electron chi connectivity index (χ2n) is 6.09. The molecule has 6 heteroatoms. The van der Waals surface area contributed by atoms with Crippen LogP contribution in [0.25, 0.3) is 0 Å². The highest BCUT2D eigenvalue weighted by Gasteiger charge is 2.25. The molecule has 0 radical (unpaired) electrons. The lowest BCUT2D eigenvalue weighted by Crippen LogP contribution is -2.23.